The van der Waals surface area contributed by atoms with Gasteiger partial charge in [0.2, 0.25) is 5.91 Å². The maximum absolute atomic E-state index is 12.8. The second-order valence-corrected chi connectivity index (χ2v) is 9.92. The van der Waals surface area contributed by atoms with Crippen LogP contribution in [0.3, 0.4) is 0 Å². The summed E-state index contributed by atoms with van der Waals surface area (Å²) in [5, 5.41) is 8.04. The van der Waals surface area contributed by atoms with E-state index < -0.39 is 5.97 Å². The second-order valence-electron chi connectivity index (χ2n) is 7.99. The van der Waals surface area contributed by atoms with Crippen molar-refractivity contribution >= 4 is 51.6 Å². The van der Waals surface area contributed by atoms with Crippen molar-refractivity contribution in [2.75, 3.05) is 30.1 Å². The first-order valence-corrected chi connectivity index (χ1v) is 13.7. The Morgan fingerprint density at radius 2 is 1.68 bits per heavy atom. The van der Waals surface area contributed by atoms with Crippen LogP contribution in [0.25, 0.3) is 11.1 Å². The van der Waals surface area contributed by atoms with Crippen LogP contribution in [0.5, 0.6) is 5.75 Å². The number of hydrogen-bond donors (Lipinski definition) is 2. The monoisotopic (exact) mass is 546 g/mol. The molecule has 1 heterocycles. The van der Waals surface area contributed by atoms with E-state index in [9.17, 15) is 14.4 Å². The van der Waals surface area contributed by atoms with Gasteiger partial charge < -0.3 is 20.1 Å². The number of methoxy groups -OCH3 is 1. The van der Waals surface area contributed by atoms with Gasteiger partial charge in [-0.2, -0.15) is 0 Å². The van der Waals surface area contributed by atoms with Crippen molar-refractivity contribution in [3.63, 3.8) is 0 Å². The third-order valence-electron chi connectivity index (χ3n) is 5.42. The van der Waals surface area contributed by atoms with Gasteiger partial charge in [-0.05, 0) is 55.0 Å². The van der Waals surface area contributed by atoms with E-state index in [4.69, 9.17) is 9.47 Å². The molecule has 7 nitrogen and oxygen atoms in total. The fourth-order valence-electron chi connectivity index (χ4n) is 3.61. The summed E-state index contributed by atoms with van der Waals surface area (Å²) in [7, 11) is 1.57. The van der Waals surface area contributed by atoms with Gasteiger partial charge in [-0.15, -0.1) is 23.1 Å². The van der Waals surface area contributed by atoms with Crippen LogP contribution in [0.4, 0.5) is 10.7 Å². The van der Waals surface area contributed by atoms with E-state index in [1.807, 2.05) is 53.9 Å². The predicted octanol–water partition coefficient (Wildman–Crippen LogP) is 6.58. The lowest BCUT2D eigenvalue weighted by Crippen LogP contribution is -2.16. The number of carbonyl (C=O) groups excluding carboxylic acids is 3. The molecule has 2 amide bonds. The van der Waals surface area contributed by atoms with E-state index in [2.05, 4.69) is 10.6 Å². The Labute approximate surface area is 229 Å². The third kappa shape index (κ3) is 6.81. The van der Waals surface area contributed by atoms with E-state index >= 15 is 0 Å². The van der Waals surface area contributed by atoms with Crippen molar-refractivity contribution in [1.29, 1.82) is 0 Å². The number of thiophene rings is 1. The van der Waals surface area contributed by atoms with Gasteiger partial charge in [0.15, 0.2) is 0 Å². The molecule has 0 atom stereocenters. The molecular weight excluding hydrogens is 520 g/mol. The zero-order valence-electron chi connectivity index (χ0n) is 20.9. The van der Waals surface area contributed by atoms with Gasteiger partial charge in [0.1, 0.15) is 16.3 Å². The maximum Gasteiger partial charge on any atom is 0.341 e. The molecular formula is C29H26N2O5S2. The fraction of sp³-hybridized carbons (Fsp3) is 0.138. The van der Waals surface area contributed by atoms with Crippen LogP contribution in [-0.4, -0.2) is 37.3 Å². The molecule has 9 heteroatoms. The van der Waals surface area contributed by atoms with E-state index in [1.54, 1.807) is 44.4 Å². The Morgan fingerprint density at radius 1 is 0.921 bits per heavy atom. The Bertz CT molecular complexity index is 1420. The third-order valence-corrected chi connectivity index (χ3v) is 7.31. The highest BCUT2D eigenvalue weighted by Gasteiger charge is 2.22. The fourth-order valence-corrected chi connectivity index (χ4v) is 5.34. The van der Waals surface area contributed by atoms with Crippen LogP contribution < -0.4 is 15.4 Å². The van der Waals surface area contributed by atoms with Gasteiger partial charge in [-0.1, -0.05) is 36.4 Å². The topological polar surface area (TPSA) is 93.7 Å². The lowest BCUT2D eigenvalue weighted by Gasteiger charge is -2.10. The van der Waals surface area contributed by atoms with Crippen molar-refractivity contribution < 1.29 is 23.9 Å². The molecule has 0 radical (unpaired) electrons. The van der Waals surface area contributed by atoms with Crippen LogP contribution in [-0.2, 0) is 9.53 Å². The minimum Gasteiger partial charge on any atom is -0.497 e. The highest BCUT2D eigenvalue weighted by Crippen LogP contribution is 2.36. The Morgan fingerprint density at radius 3 is 2.39 bits per heavy atom. The molecule has 2 N–H and O–H groups in total. The van der Waals surface area contributed by atoms with E-state index in [0.717, 1.165) is 16.0 Å². The normalized spacial score (nSPS) is 10.5. The Balaban J connectivity index is 1.40. The van der Waals surface area contributed by atoms with E-state index in [1.165, 1.54) is 23.1 Å². The smallest absolute Gasteiger partial charge is 0.341 e. The lowest BCUT2D eigenvalue weighted by atomic mass is 10.0. The van der Waals surface area contributed by atoms with Crippen LogP contribution in [0, 0.1) is 0 Å². The van der Waals surface area contributed by atoms with Gasteiger partial charge in [0.05, 0.1) is 19.5 Å². The number of benzene rings is 3. The van der Waals surface area contributed by atoms with Crippen molar-refractivity contribution in [3.05, 3.63) is 95.4 Å². The molecule has 0 fully saturated rings. The number of amides is 2. The number of carbonyl (C=O) groups is 3. The molecule has 3 aromatic carbocycles. The summed E-state index contributed by atoms with van der Waals surface area (Å²) in [4.78, 5) is 38.9. The first-order chi connectivity index (χ1) is 18.5. The molecule has 4 rings (SSSR count). The minimum atomic E-state index is -0.476. The largest absolute Gasteiger partial charge is 0.497 e. The summed E-state index contributed by atoms with van der Waals surface area (Å²) in [5.74, 6) is -0.181. The summed E-state index contributed by atoms with van der Waals surface area (Å²) in [5.41, 5.74) is 3.06. The zero-order chi connectivity index (χ0) is 26.9. The van der Waals surface area contributed by atoms with Crippen molar-refractivity contribution in [2.45, 2.75) is 11.8 Å². The molecule has 4 aromatic rings. The summed E-state index contributed by atoms with van der Waals surface area (Å²) in [6.45, 7) is 1.98. The molecule has 0 aliphatic carbocycles. The Kier molecular flexibility index (Phi) is 9.18. The maximum atomic E-state index is 12.8. The highest BCUT2D eigenvalue weighted by molar-refractivity contribution is 8.00. The molecule has 194 valence electrons. The molecule has 0 unspecified atom stereocenters. The molecule has 0 saturated heterocycles. The van der Waals surface area contributed by atoms with Crippen molar-refractivity contribution in [2.24, 2.45) is 0 Å². The summed E-state index contributed by atoms with van der Waals surface area (Å²) >= 11 is 2.61. The van der Waals surface area contributed by atoms with Crippen molar-refractivity contribution in [1.82, 2.24) is 0 Å². The molecule has 38 heavy (non-hydrogen) atoms. The van der Waals surface area contributed by atoms with Gasteiger partial charge in [0.25, 0.3) is 5.91 Å². The SMILES string of the molecule is CCOC(=O)c1c(-c2ccccc2)csc1NC(=O)CSc1cccc(NC(=O)c2ccc(OC)cc2)c1. The van der Waals surface area contributed by atoms with Gasteiger partial charge in [-0.25, -0.2) is 4.79 Å². The number of ether oxygens (including phenoxy) is 2. The number of nitrogens with one attached hydrogen (secondary N) is 2. The van der Waals surface area contributed by atoms with Gasteiger partial charge >= 0.3 is 5.97 Å². The first kappa shape index (κ1) is 27.0. The number of anilines is 2. The Hall–Kier alpha value is -4.08. The quantitative estimate of drug-likeness (QED) is 0.172. The first-order valence-electron chi connectivity index (χ1n) is 11.8. The number of hydrogen-bond acceptors (Lipinski definition) is 7. The molecule has 1 aromatic heterocycles. The number of thioether (sulfide) groups is 1. The number of rotatable bonds is 10. The molecule has 0 aliphatic rings. The zero-order valence-corrected chi connectivity index (χ0v) is 22.5. The molecule has 0 aliphatic heterocycles. The molecule has 0 spiro atoms. The van der Waals surface area contributed by atoms with Gasteiger partial charge in [0, 0.05) is 27.1 Å². The van der Waals surface area contributed by atoms with Crippen molar-refractivity contribution in [3.8, 4) is 16.9 Å². The van der Waals surface area contributed by atoms with Gasteiger partial charge in [-0.3, -0.25) is 9.59 Å². The van der Waals surface area contributed by atoms with E-state index in [0.29, 0.717) is 27.6 Å². The second kappa shape index (κ2) is 12.9. The average Bonchev–Trinajstić information content (AvgIpc) is 3.36. The van der Waals surface area contributed by atoms with Crippen LogP contribution >= 0.6 is 23.1 Å². The summed E-state index contributed by atoms with van der Waals surface area (Å²) in [6.07, 6.45) is 0. The summed E-state index contributed by atoms with van der Waals surface area (Å²) < 4.78 is 10.4. The minimum absolute atomic E-state index is 0.122. The van der Waals surface area contributed by atoms with Crippen LogP contribution in [0.2, 0.25) is 0 Å². The summed E-state index contributed by atoms with van der Waals surface area (Å²) in [6, 6.07) is 23.6. The predicted molar refractivity (Wildman–Crippen MR) is 152 cm³/mol. The van der Waals surface area contributed by atoms with E-state index in [-0.39, 0.29) is 24.2 Å². The highest BCUT2D eigenvalue weighted by atomic mass is 32.2. The average molecular weight is 547 g/mol. The standard InChI is InChI=1S/C29H26N2O5S2/c1-3-36-29(34)26-24(19-8-5-4-6-9-19)17-38-28(26)31-25(32)18-37-23-11-7-10-21(16-23)30-27(33)20-12-14-22(35-2)15-13-20/h4-17H,3,18H2,1-2H3,(H,30,33)(H,31,32). The van der Waals surface area contributed by atoms with Crippen LogP contribution in [0.1, 0.15) is 27.6 Å². The lowest BCUT2D eigenvalue weighted by molar-refractivity contribution is -0.113. The molecule has 0 saturated carbocycles. The van der Waals surface area contributed by atoms with Crippen LogP contribution in [0.15, 0.2) is 89.1 Å². The molecule has 0 bridgehead atoms. The number of esters is 1.